The monoisotopic (exact) mass is 336 g/mol. The highest BCUT2D eigenvalue weighted by Crippen LogP contribution is 2.19. The van der Waals surface area contributed by atoms with E-state index < -0.39 is 36.7 Å². The van der Waals surface area contributed by atoms with Gasteiger partial charge in [-0.1, -0.05) is 30.3 Å². The van der Waals surface area contributed by atoms with Gasteiger partial charge in [0.1, 0.15) is 18.7 Å². The number of amides is 2. The zero-order chi connectivity index (χ0) is 17.5. The van der Waals surface area contributed by atoms with Gasteiger partial charge in [0.2, 0.25) is 5.91 Å². The molecule has 1 saturated heterocycles. The van der Waals surface area contributed by atoms with Crippen molar-refractivity contribution in [2.45, 2.75) is 31.5 Å². The first-order valence-electron chi connectivity index (χ1n) is 7.64. The lowest BCUT2D eigenvalue weighted by molar-refractivity contribution is -0.143. The third-order valence-corrected chi connectivity index (χ3v) is 3.79. The number of nitrogens with zero attached hydrogens (tertiary/aromatic N) is 1. The Kier molecular flexibility index (Phi) is 6.14. The Morgan fingerprint density at radius 1 is 1.29 bits per heavy atom. The van der Waals surface area contributed by atoms with Crippen LogP contribution in [0.1, 0.15) is 18.4 Å². The van der Waals surface area contributed by atoms with E-state index in [1.54, 1.807) is 0 Å². The van der Waals surface area contributed by atoms with E-state index in [9.17, 15) is 14.4 Å². The van der Waals surface area contributed by atoms with Gasteiger partial charge in [0, 0.05) is 6.54 Å². The minimum atomic E-state index is -1.39. The number of carbonyl (C=O) groups excluding carboxylic acids is 2. The molecule has 1 aromatic carbocycles. The maximum absolute atomic E-state index is 12.2. The van der Waals surface area contributed by atoms with Gasteiger partial charge >= 0.3 is 12.1 Å². The summed E-state index contributed by atoms with van der Waals surface area (Å²) in [6.45, 7) is -0.256. The lowest BCUT2D eigenvalue weighted by Gasteiger charge is -2.24. The zero-order valence-electron chi connectivity index (χ0n) is 13.1. The van der Waals surface area contributed by atoms with E-state index in [2.05, 4.69) is 5.32 Å². The average molecular weight is 336 g/mol. The van der Waals surface area contributed by atoms with Crippen LogP contribution in [0.3, 0.4) is 0 Å². The number of hydrogen-bond donors (Lipinski definition) is 3. The number of carboxylic acids is 1. The number of hydrogen-bond acceptors (Lipinski definition) is 5. The van der Waals surface area contributed by atoms with Crippen molar-refractivity contribution < 1.29 is 29.3 Å². The lowest BCUT2D eigenvalue weighted by atomic mass is 10.2. The Morgan fingerprint density at radius 3 is 2.62 bits per heavy atom. The molecule has 1 aliphatic heterocycles. The minimum absolute atomic E-state index is 0.0961. The van der Waals surface area contributed by atoms with Crippen molar-refractivity contribution in [1.29, 1.82) is 0 Å². The Morgan fingerprint density at radius 2 is 2.00 bits per heavy atom. The van der Waals surface area contributed by atoms with Crippen LogP contribution in [0.25, 0.3) is 0 Å². The SMILES string of the molecule is O=C(N[C@H](CO)C(=O)O)[C@H]1CCCN1C(=O)OCc1ccccc1. The van der Waals surface area contributed by atoms with Crippen LogP contribution >= 0.6 is 0 Å². The summed E-state index contributed by atoms with van der Waals surface area (Å²) in [6.07, 6.45) is 0.423. The second kappa shape index (κ2) is 8.30. The first-order chi connectivity index (χ1) is 11.5. The first-order valence-corrected chi connectivity index (χ1v) is 7.64. The number of ether oxygens (including phenoxy) is 1. The number of nitrogens with one attached hydrogen (secondary N) is 1. The van der Waals surface area contributed by atoms with E-state index in [1.165, 1.54) is 4.90 Å². The molecule has 0 saturated carbocycles. The summed E-state index contributed by atoms with van der Waals surface area (Å²) < 4.78 is 5.21. The molecule has 0 spiro atoms. The molecule has 0 unspecified atom stereocenters. The summed E-state index contributed by atoms with van der Waals surface area (Å²) in [7, 11) is 0. The zero-order valence-corrected chi connectivity index (χ0v) is 13.1. The average Bonchev–Trinajstić information content (AvgIpc) is 3.08. The van der Waals surface area contributed by atoms with Crippen molar-refractivity contribution in [1.82, 2.24) is 10.2 Å². The van der Waals surface area contributed by atoms with Gasteiger partial charge < -0.3 is 20.3 Å². The Balaban J connectivity index is 1.92. The van der Waals surface area contributed by atoms with Gasteiger partial charge in [0.05, 0.1) is 6.61 Å². The summed E-state index contributed by atoms with van der Waals surface area (Å²) in [6, 6.07) is 6.97. The van der Waals surface area contributed by atoms with Gasteiger partial charge in [-0.15, -0.1) is 0 Å². The molecule has 1 aromatic rings. The number of aliphatic hydroxyl groups is 1. The van der Waals surface area contributed by atoms with Crippen molar-refractivity contribution in [3.8, 4) is 0 Å². The molecule has 24 heavy (non-hydrogen) atoms. The van der Waals surface area contributed by atoms with E-state index >= 15 is 0 Å². The fourth-order valence-electron chi connectivity index (χ4n) is 2.51. The number of carbonyl (C=O) groups is 3. The molecule has 8 nitrogen and oxygen atoms in total. The van der Waals surface area contributed by atoms with Crippen LogP contribution in [0, 0.1) is 0 Å². The summed E-state index contributed by atoms with van der Waals surface area (Å²) in [5.41, 5.74) is 0.831. The van der Waals surface area contributed by atoms with E-state index in [-0.39, 0.29) is 6.61 Å². The molecule has 2 amide bonds. The largest absolute Gasteiger partial charge is 0.480 e. The van der Waals surface area contributed by atoms with Crippen LogP contribution in [-0.4, -0.2) is 58.3 Å². The standard InChI is InChI=1S/C16H20N2O6/c19-9-12(15(21)22)17-14(20)13-7-4-8-18(13)16(23)24-10-11-5-2-1-3-6-11/h1-3,5-6,12-13,19H,4,7-10H2,(H,17,20)(H,21,22)/t12-,13-/m1/s1. The quantitative estimate of drug-likeness (QED) is 0.690. The Labute approximate surface area is 139 Å². The van der Waals surface area contributed by atoms with Crippen LogP contribution in [0.15, 0.2) is 30.3 Å². The molecular formula is C16H20N2O6. The molecular weight excluding hydrogens is 316 g/mol. The molecule has 1 fully saturated rings. The summed E-state index contributed by atoms with van der Waals surface area (Å²) in [5, 5.41) is 20.1. The van der Waals surface area contributed by atoms with Crippen LogP contribution < -0.4 is 5.32 Å². The van der Waals surface area contributed by atoms with E-state index in [0.717, 1.165) is 5.56 Å². The van der Waals surface area contributed by atoms with Crippen LogP contribution in [0.2, 0.25) is 0 Å². The molecule has 1 heterocycles. The van der Waals surface area contributed by atoms with E-state index in [1.807, 2.05) is 30.3 Å². The van der Waals surface area contributed by atoms with Gasteiger partial charge in [-0.25, -0.2) is 9.59 Å². The highest BCUT2D eigenvalue weighted by Gasteiger charge is 2.36. The molecule has 2 rings (SSSR count). The number of benzene rings is 1. The fourth-order valence-corrected chi connectivity index (χ4v) is 2.51. The third-order valence-electron chi connectivity index (χ3n) is 3.79. The summed E-state index contributed by atoms with van der Waals surface area (Å²) >= 11 is 0. The van der Waals surface area contributed by atoms with Gasteiger partial charge in [0.25, 0.3) is 0 Å². The fraction of sp³-hybridized carbons (Fsp3) is 0.438. The Bertz CT molecular complexity index is 591. The summed E-state index contributed by atoms with van der Waals surface area (Å²) in [4.78, 5) is 36.5. The Hall–Kier alpha value is -2.61. The second-order valence-corrected chi connectivity index (χ2v) is 5.47. The molecule has 3 N–H and O–H groups in total. The van der Waals surface area contributed by atoms with Crippen molar-refractivity contribution in [3.05, 3.63) is 35.9 Å². The minimum Gasteiger partial charge on any atom is -0.480 e. The molecule has 130 valence electrons. The van der Waals surface area contributed by atoms with Crippen LogP contribution in [0.5, 0.6) is 0 Å². The number of aliphatic carboxylic acids is 1. The van der Waals surface area contributed by atoms with Crippen molar-refractivity contribution in [2.75, 3.05) is 13.2 Å². The highest BCUT2D eigenvalue weighted by atomic mass is 16.6. The van der Waals surface area contributed by atoms with E-state index in [0.29, 0.717) is 19.4 Å². The van der Waals surface area contributed by atoms with E-state index in [4.69, 9.17) is 14.9 Å². The molecule has 8 heteroatoms. The normalized spacial score (nSPS) is 18.0. The van der Waals surface area contributed by atoms with Gasteiger partial charge in [0.15, 0.2) is 0 Å². The van der Waals surface area contributed by atoms with Crippen LogP contribution in [-0.2, 0) is 20.9 Å². The number of likely N-dealkylation sites (tertiary alicyclic amines) is 1. The maximum atomic E-state index is 12.2. The van der Waals surface area contributed by atoms with Gasteiger partial charge in [-0.2, -0.15) is 0 Å². The number of carboxylic acid groups (broad SMARTS) is 1. The predicted octanol–water partition coefficient (Wildman–Crippen LogP) is 0.349. The maximum Gasteiger partial charge on any atom is 0.410 e. The van der Waals surface area contributed by atoms with Crippen molar-refractivity contribution in [3.63, 3.8) is 0 Å². The number of rotatable bonds is 6. The number of aliphatic hydroxyl groups excluding tert-OH is 1. The van der Waals surface area contributed by atoms with Crippen molar-refractivity contribution >= 4 is 18.0 Å². The molecule has 0 radical (unpaired) electrons. The molecule has 0 aromatic heterocycles. The molecule has 1 aliphatic rings. The first kappa shape index (κ1) is 17.7. The second-order valence-electron chi connectivity index (χ2n) is 5.47. The smallest absolute Gasteiger partial charge is 0.410 e. The van der Waals surface area contributed by atoms with Crippen LogP contribution in [0.4, 0.5) is 4.79 Å². The highest BCUT2D eigenvalue weighted by molar-refractivity contribution is 5.89. The molecule has 0 bridgehead atoms. The summed E-state index contributed by atoms with van der Waals surface area (Å²) in [5.74, 6) is -1.94. The van der Waals surface area contributed by atoms with Gasteiger partial charge in [-0.05, 0) is 18.4 Å². The van der Waals surface area contributed by atoms with Gasteiger partial charge in [-0.3, -0.25) is 9.69 Å². The lowest BCUT2D eigenvalue weighted by Crippen LogP contribution is -2.52. The van der Waals surface area contributed by atoms with Crippen molar-refractivity contribution in [2.24, 2.45) is 0 Å². The third kappa shape index (κ3) is 4.45. The predicted molar refractivity (Wildman–Crippen MR) is 83.0 cm³/mol. The topological polar surface area (TPSA) is 116 Å². The molecule has 2 atom stereocenters. The molecule has 0 aliphatic carbocycles.